The van der Waals surface area contributed by atoms with E-state index in [9.17, 15) is 14.3 Å². The van der Waals surface area contributed by atoms with Gasteiger partial charge in [0.2, 0.25) is 0 Å². The van der Waals surface area contributed by atoms with Crippen molar-refractivity contribution in [1.82, 2.24) is 5.32 Å². The summed E-state index contributed by atoms with van der Waals surface area (Å²) in [7, 11) is 0. The molecule has 0 saturated carbocycles. The molecule has 0 saturated heterocycles. The molecule has 0 fully saturated rings. The lowest BCUT2D eigenvalue weighted by Gasteiger charge is -2.30. The third-order valence-corrected chi connectivity index (χ3v) is 2.83. The zero-order valence-corrected chi connectivity index (χ0v) is 8.48. The van der Waals surface area contributed by atoms with Crippen LogP contribution in [0, 0.1) is 5.82 Å². The van der Waals surface area contributed by atoms with E-state index in [1.54, 1.807) is 12.1 Å². The van der Waals surface area contributed by atoms with Gasteiger partial charge in [0.25, 0.3) is 0 Å². The van der Waals surface area contributed by atoms with Crippen LogP contribution in [0.2, 0.25) is 0 Å². The van der Waals surface area contributed by atoms with Crippen molar-refractivity contribution in [2.45, 2.75) is 25.0 Å². The molecular weight excluding hydrogens is 213 g/mol. The number of aryl methyl sites for hydroxylation is 1. The summed E-state index contributed by atoms with van der Waals surface area (Å²) in [6.07, 6.45) is -1.14. The summed E-state index contributed by atoms with van der Waals surface area (Å²) in [6, 6.07) is 3.74. The molecule has 5 heteroatoms. The first-order valence-electron chi connectivity index (χ1n) is 5.04. The minimum absolute atomic E-state index is 0.267. The van der Waals surface area contributed by atoms with Gasteiger partial charge in [0.1, 0.15) is 5.82 Å². The maximum atomic E-state index is 13.6. The normalized spacial score (nSPS) is 23.6. The SMILES string of the molecule is O=C(O)N[C@@H]1c2c(F)cccc2CC[C@@H]1O. The molecule has 0 bridgehead atoms. The minimum atomic E-state index is -1.26. The molecule has 0 radical (unpaired) electrons. The van der Waals surface area contributed by atoms with Gasteiger partial charge in [-0.25, -0.2) is 9.18 Å². The molecule has 0 aliphatic heterocycles. The largest absolute Gasteiger partial charge is 0.465 e. The van der Waals surface area contributed by atoms with Gasteiger partial charge in [-0.2, -0.15) is 0 Å². The number of hydrogen-bond donors (Lipinski definition) is 3. The lowest BCUT2D eigenvalue weighted by Crippen LogP contribution is -2.39. The first-order valence-corrected chi connectivity index (χ1v) is 5.04. The Morgan fingerprint density at radius 2 is 2.25 bits per heavy atom. The Labute approximate surface area is 91.7 Å². The Morgan fingerprint density at radius 1 is 1.50 bits per heavy atom. The van der Waals surface area contributed by atoms with Gasteiger partial charge in [-0.3, -0.25) is 0 Å². The Balaban J connectivity index is 2.42. The Hall–Kier alpha value is -1.62. The summed E-state index contributed by atoms with van der Waals surface area (Å²) in [5.41, 5.74) is 1.02. The van der Waals surface area contributed by atoms with Gasteiger partial charge in [-0.05, 0) is 24.5 Å². The van der Waals surface area contributed by atoms with Gasteiger partial charge >= 0.3 is 6.09 Å². The van der Waals surface area contributed by atoms with Crippen LogP contribution >= 0.6 is 0 Å². The number of fused-ring (bicyclic) bond motifs is 1. The van der Waals surface area contributed by atoms with E-state index in [1.807, 2.05) is 0 Å². The maximum Gasteiger partial charge on any atom is 0.405 e. The number of carbonyl (C=O) groups is 1. The van der Waals surface area contributed by atoms with Crippen molar-refractivity contribution in [3.63, 3.8) is 0 Å². The zero-order chi connectivity index (χ0) is 11.7. The van der Waals surface area contributed by atoms with Gasteiger partial charge in [-0.15, -0.1) is 0 Å². The standard InChI is InChI=1S/C11H12FNO3/c12-7-3-1-2-6-4-5-8(14)10(9(6)7)13-11(15)16/h1-3,8,10,13-14H,4-5H2,(H,15,16)/t8-,10-/m0/s1. The molecule has 1 aromatic rings. The van der Waals surface area contributed by atoms with Crippen molar-refractivity contribution in [3.8, 4) is 0 Å². The maximum absolute atomic E-state index is 13.6. The van der Waals surface area contributed by atoms with Crippen LogP contribution < -0.4 is 5.32 Å². The predicted molar refractivity (Wildman–Crippen MR) is 54.6 cm³/mol. The molecule has 0 spiro atoms. The second-order valence-electron chi connectivity index (χ2n) is 3.85. The number of rotatable bonds is 1. The molecule has 86 valence electrons. The fourth-order valence-electron chi connectivity index (χ4n) is 2.11. The van der Waals surface area contributed by atoms with Gasteiger partial charge in [-0.1, -0.05) is 12.1 Å². The van der Waals surface area contributed by atoms with E-state index in [4.69, 9.17) is 5.11 Å². The molecule has 4 nitrogen and oxygen atoms in total. The van der Waals surface area contributed by atoms with Crippen LogP contribution in [0.15, 0.2) is 18.2 Å². The second-order valence-corrected chi connectivity index (χ2v) is 3.85. The highest BCUT2D eigenvalue weighted by Crippen LogP contribution is 2.31. The second kappa shape index (κ2) is 4.09. The summed E-state index contributed by atoms with van der Waals surface area (Å²) in [5.74, 6) is -0.477. The predicted octanol–water partition coefficient (Wildman–Crippen LogP) is 1.44. The average molecular weight is 225 g/mol. The number of amides is 1. The van der Waals surface area contributed by atoms with E-state index < -0.39 is 24.1 Å². The van der Waals surface area contributed by atoms with Crippen LogP contribution in [0.3, 0.4) is 0 Å². The van der Waals surface area contributed by atoms with Crippen molar-refractivity contribution in [2.24, 2.45) is 0 Å². The Bertz CT molecular complexity index is 422. The number of nitrogens with one attached hydrogen (secondary N) is 1. The number of aliphatic hydroxyl groups is 1. The molecule has 2 atom stereocenters. The lowest BCUT2D eigenvalue weighted by molar-refractivity contribution is 0.104. The summed E-state index contributed by atoms with van der Waals surface area (Å²) < 4.78 is 13.6. The van der Waals surface area contributed by atoms with Crippen molar-refractivity contribution < 1.29 is 19.4 Å². The minimum Gasteiger partial charge on any atom is -0.465 e. The summed E-state index contributed by atoms with van der Waals surface area (Å²) >= 11 is 0. The van der Waals surface area contributed by atoms with E-state index in [0.717, 1.165) is 5.56 Å². The number of halogens is 1. The first-order chi connectivity index (χ1) is 7.59. The highest BCUT2D eigenvalue weighted by Gasteiger charge is 2.31. The van der Waals surface area contributed by atoms with Crippen LogP contribution in [-0.2, 0) is 6.42 Å². The topological polar surface area (TPSA) is 69.6 Å². The Kier molecular flexibility index (Phi) is 2.78. The molecule has 0 heterocycles. The van der Waals surface area contributed by atoms with E-state index in [2.05, 4.69) is 5.32 Å². The Morgan fingerprint density at radius 3 is 2.94 bits per heavy atom. The fraction of sp³-hybridized carbons (Fsp3) is 0.364. The molecule has 0 unspecified atom stereocenters. The van der Waals surface area contributed by atoms with E-state index in [1.165, 1.54) is 6.07 Å². The third kappa shape index (κ3) is 1.86. The lowest BCUT2D eigenvalue weighted by atomic mass is 9.85. The number of carboxylic acid groups (broad SMARTS) is 1. The van der Waals surface area contributed by atoms with Crippen molar-refractivity contribution in [1.29, 1.82) is 0 Å². The quantitative estimate of drug-likeness (QED) is 0.677. The molecule has 16 heavy (non-hydrogen) atoms. The highest BCUT2D eigenvalue weighted by molar-refractivity contribution is 5.65. The molecule has 1 aliphatic carbocycles. The molecule has 1 aliphatic rings. The highest BCUT2D eigenvalue weighted by atomic mass is 19.1. The van der Waals surface area contributed by atoms with E-state index in [0.29, 0.717) is 12.8 Å². The number of hydrogen-bond acceptors (Lipinski definition) is 2. The first kappa shape index (κ1) is 10.9. The smallest absolute Gasteiger partial charge is 0.405 e. The molecule has 0 aromatic heterocycles. The average Bonchev–Trinajstić information content (AvgIpc) is 2.22. The fourth-order valence-corrected chi connectivity index (χ4v) is 2.11. The van der Waals surface area contributed by atoms with Gasteiger partial charge in [0, 0.05) is 5.56 Å². The van der Waals surface area contributed by atoms with Gasteiger partial charge in [0.05, 0.1) is 12.1 Å². The zero-order valence-electron chi connectivity index (χ0n) is 8.48. The third-order valence-electron chi connectivity index (χ3n) is 2.83. The molecular formula is C11H12FNO3. The molecule has 2 rings (SSSR count). The van der Waals surface area contributed by atoms with Crippen molar-refractivity contribution >= 4 is 6.09 Å². The summed E-state index contributed by atoms with van der Waals surface area (Å²) in [5, 5.41) is 20.5. The van der Waals surface area contributed by atoms with Crippen LogP contribution in [0.5, 0.6) is 0 Å². The summed E-state index contributed by atoms with van der Waals surface area (Å²) in [4.78, 5) is 10.6. The monoisotopic (exact) mass is 225 g/mol. The van der Waals surface area contributed by atoms with Crippen molar-refractivity contribution in [3.05, 3.63) is 35.1 Å². The van der Waals surface area contributed by atoms with Crippen molar-refractivity contribution in [2.75, 3.05) is 0 Å². The van der Waals surface area contributed by atoms with Gasteiger partial charge < -0.3 is 15.5 Å². The van der Waals surface area contributed by atoms with Crippen LogP contribution in [0.25, 0.3) is 0 Å². The number of aliphatic hydroxyl groups excluding tert-OH is 1. The van der Waals surface area contributed by atoms with Gasteiger partial charge in [0.15, 0.2) is 0 Å². The molecule has 3 N–H and O–H groups in total. The van der Waals surface area contributed by atoms with Crippen LogP contribution in [0.1, 0.15) is 23.6 Å². The molecule has 1 amide bonds. The van der Waals surface area contributed by atoms with E-state index >= 15 is 0 Å². The van der Waals surface area contributed by atoms with Crippen LogP contribution in [0.4, 0.5) is 9.18 Å². The number of benzene rings is 1. The summed E-state index contributed by atoms with van der Waals surface area (Å²) in [6.45, 7) is 0. The molecule has 1 aromatic carbocycles. The van der Waals surface area contributed by atoms with Crippen LogP contribution in [-0.4, -0.2) is 22.4 Å². The van der Waals surface area contributed by atoms with E-state index in [-0.39, 0.29) is 5.56 Å².